The van der Waals surface area contributed by atoms with E-state index >= 15 is 0 Å². The quantitative estimate of drug-likeness (QED) is 0.698. The lowest BCUT2D eigenvalue weighted by Crippen LogP contribution is -1.84. The number of aryl methyl sites for hydroxylation is 1. The molecule has 1 N–H and O–H groups in total. The second kappa shape index (κ2) is 2.89. The Morgan fingerprint density at radius 1 is 1.38 bits per heavy atom. The zero-order valence-electron chi connectivity index (χ0n) is 7.08. The van der Waals surface area contributed by atoms with Crippen molar-refractivity contribution in [1.82, 2.24) is 4.98 Å². The molecule has 2 aromatic rings. The van der Waals surface area contributed by atoms with Gasteiger partial charge in [-0.2, -0.15) is 0 Å². The molecule has 2 rings (SSSR count). The Bertz CT molecular complexity index is 468. The van der Waals surface area contributed by atoms with Crippen LogP contribution in [0.25, 0.3) is 10.9 Å². The topological polar surface area (TPSA) is 33.1 Å². The molecule has 0 saturated heterocycles. The number of aromatic nitrogens is 1. The van der Waals surface area contributed by atoms with Crippen molar-refractivity contribution >= 4 is 22.5 Å². The van der Waals surface area contributed by atoms with E-state index in [2.05, 4.69) is 4.98 Å². The van der Waals surface area contributed by atoms with Gasteiger partial charge in [0, 0.05) is 5.69 Å². The summed E-state index contributed by atoms with van der Waals surface area (Å²) in [4.78, 5) is 4.25. The summed E-state index contributed by atoms with van der Waals surface area (Å²) >= 11 is 5.97. The van der Waals surface area contributed by atoms with Crippen LogP contribution in [0.4, 0.5) is 0 Å². The maximum Gasteiger partial charge on any atom is 0.126 e. The highest BCUT2D eigenvalue weighted by Gasteiger charge is 2.05. The van der Waals surface area contributed by atoms with E-state index in [1.807, 2.05) is 13.0 Å². The van der Waals surface area contributed by atoms with Crippen LogP contribution in [0.5, 0.6) is 5.75 Å². The van der Waals surface area contributed by atoms with Gasteiger partial charge in [-0.1, -0.05) is 17.7 Å². The molecule has 66 valence electrons. The second-order valence-corrected chi connectivity index (χ2v) is 3.32. The summed E-state index contributed by atoms with van der Waals surface area (Å²) in [6, 6.07) is 6.92. The molecule has 0 aliphatic carbocycles. The van der Waals surface area contributed by atoms with Crippen LogP contribution < -0.4 is 0 Å². The summed E-state index contributed by atoms with van der Waals surface area (Å²) in [5.74, 6) is 0.176. The fourth-order valence-corrected chi connectivity index (χ4v) is 1.70. The van der Waals surface area contributed by atoms with Gasteiger partial charge in [-0.3, -0.25) is 4.98 Å². The van der Waals surface area contributed by atoms with Gasteiger partial charge in [-0.25, -0.2) is 0 Å². The lowest BCUT2D eigenvalue weighted by Gasteiger charge is -2.03. The van der Waals surface area contributed by atoms with Gasteiger partial charge >= 0.3 is 0 Å². The van der Waals surface area contributed by atoms with Gasteiger partial charge in [0.05, 0.1) is 15.9 Å². The third-order valence-corrected chi connectivity index (χ3v) is 2.19. The minimum absolute atomic E-state index is 0.176. The van der Waals surface area contributed by atoms with Crippen molar-refractivity contribution in [2.75, 3.05) is 0 Å². The molecule has 0 amide bonds. The fraction of sp³-hybridized carbons (Fsp3) is 0.100. The first kappa shape index (κ1) is 8.32. The standard InChI is InChI=1S/C10H8ClNO/c1-6-5-7(11)10-8(12-6)3-2-4-9(10)13/h2-5,13H,1H3. The summed E-state index contributed by atoms with van der Waals surface area (Å²) in [5, 5.41) is 10.7. The number of hydrogen-bond donors (Lipinski definition) is 1. The Kier molecular flexibility index (Phi) is 1.85. The van der Waals surface area contributed by atoms with Crippen molar-refractivity contribution in [3.05, 3.63) is 35.0 Å². The molecular weight excluding hydrogens is 186 g/mol. The van der Waals surface area contributed by atoms with Gasteiger partial charge in [0.1, 0.15) is 5.75 Å². The Labute approximate surface area is 80.8 Å². The van der Waals surface area contributed by atoms with E-state index in [4.69, 9.17) is 11.6 Å². The van der Waals surface area contributed by atoms with Crippen LogP contribution in [0.15, 0.2) is 24.3 Å². The summed E-state index contributed by atoms with van der Waals surface area (Å²) in [7, 11) is 0. The van der Waals surface area contributed by atoms with Crippen LogP contribution in [-0.4, -0.2) is 10.1 Å². The third kappa shape index (κ3) is 1.33. The second-order valence-electron chi connectivity index (χ2n) is 2.92. The number of fused-ring (bicyclic) bond motifs is 1. The molecule has 0 aliphatic rings. The van der Waals surface area contributed by atoms with E-state index in [0.717, 1.165) is 11.2 Å². The number of phenolic OH excluding ortho intramolecular Hbond substituents is 1. The minimum atomic E-state index is 0.176. The first-order chi connectivity index (χ1) is 6.18. The Morgan fingerprint density at radius 3 is 2.92 bits per heavy atom. The Morgan fingerprint density at radius 2 is 2.15 bits per heavy atom. The summed E-state index contributed by atoms with van der Waals surface area (Å²) in [5.41, 5.74) is 1.58. The number of hydrogen-bond acceptors (Lipinski definition) is 2. The zero-order chi connectivity index (χ0) is 9.42. The largest absolute Gasteiger partial charge is 0.507 e. The highest BCUT2D eigenvalue weighted by molar-refractivity contribution is 6.35. The van der Waals surface area contributed by atoms with Crippen molar-refractivity contribution in [1.29, 1.82) is 0 Å². The van der Waals surface area contributed by atoms with Crippen LogP contribution in [-0.2, 0) is 0 Å². The van der Waals surface area contributed by atoms with Crippen molar-refractivity contribution in [2.24, 2.45) is 0 Å². The van der Waals surface area contributed by atoms with Crippen molar-refractivity contribution in [3.63, 3.8) is 0 Å². The van der Waals surface area contributed by atoms with Gasteiger partial charge in [0.25, 0.3) is 0 Å². The first-order valence-corrected chi connectivity index (χ1v) is 4.31. The number of phenols is 1. The fourth-order valence-electron chi connectivity index (χ4n) is 1.34. The number of pyridine rings is 1. The molecule has 0 aliphatic heterocycles. The van der Waals surface area contributed by atoms with Gasteiger partial charge in [0.2, 0.25) is 0 Å². The minimum Gasteiger partial charge on any atom is -0.507 e. The molecular formula is C10H8ClNO. The van der Waals surface area contributed by atoms with Crippen molar-refractivity contribution in [3.8, 4) is 5.75 Å². The van der Waals surface area contributed by atoms with Crippen LogP contribution >= 0.6 is 11.6 Å². The normalized spacial score (nSPS) is 10.6. The van der Waals surface area contributed by atoms with Crippen LogP contribution in [0.1, 0.15) is 5.69 Å². The van der Waals surface area contributed by atoms with E-state index in [0.29, 0.717) is 10.4 Å². The Balaban J connectivity index is 2.94. The summed E-state index contributed by atoms with van der Waals surface area (Å²) < 4.78 is 0. The van der Waals surface area contributed by atoms with Crippen molar-refractivity contribution < 1.29 is 5.11 Å². The molecule has 0 spiro atoms. The zero-order valence-corrected chi connectivity index (χ0v) is 7.84. The highest BCUT2D eigenvalue weighted by atomic mass is 35.5. The number of aromatic hydroxyl groups is 1. The maximum absolute atomic E-state index is 9.52. The lowest BCUT2D eigenvalue weighted by atomic mass is 10.2. The molecule has 1 aromatic carbocycles. The number of halogens is 1. The third-order valence-electron chi connectivity index (χ3n) is 1.89. The molecule has 1 heterocycles. The predicted octanol–water partition coefficient (Wildman–Crippen LogP) is 2.90. The molecule has 0 saturated carbocycles. The van der Waals surface area contributed by atoms with E-state index in [1.54, 1.807) is 18.2 Å². The van der Waals surface area contributed by atoms with E-state index in [1.165, 1.54) is 0 Å². The first-order valence-electron chi connectivity index (χ1n) is 3.93. The number of rotatable bonds is 0. The number of benzene rings is 1. The van der Waals surface area contributed by atoms with Gasteiger partial charge in [0.15, 0.2) is 0 Å². The lowest BCUT2D eigenvalue weighted by molar-refractivity contribution is 0.481. The van der Waals surface area contributed by atoms with Gasteiger partial charge < -0.3 is 5.11 Å². The van der Waals surface area contributed by atoms with Crippen LogP contribution in [0.2, 0.25) is 5.02 Å². The molecule has 0 bridgehead atoms. The molecule has 0 atom stereocenters. The maximum atomic E-state index is 9.52. The number of nitrogens with zero attached hydrogens (tertiary/aromatic N) is 1. The average Bonchev–Trinajstić information content (AvgIpc) is 2.02. The average molecular weight is 194 g/mol. The van der Waals surface area contributed by atoms with Gasteiger partial charge in [-0.05, 0) is 25.1 Å². The van der Waals surface area contributed by atoms with Crippen LogP contribution in [0.3, 0.4) is 0 Å². The molecule has 0 fully saturated rings. The molecule has 13 heavy (non-hydrogen) atoms. The smallest absolute Gasteiger partial charge is 0.126 e. The molecule has 3 heteroatoms. The summed E-state index contributed by atoms with van der Waals surface area (Å²) in [6.07, 6.45) is 0. The Hall–Kier alpha value is -1.28. The molecule has 0 radical (unpaired) electrons. The van der Waals surface area contributed by atoms with Crippen LogP contribution in [0, 0.1) is 6.92 Å². The van der Waals surface area contributed by atoms with Crippen molar-refractivity contribution in [2.45, 2.75) is 6.92 Å². The predicted molar refractivity (Wildman–Crippen MR) is 53.2 cm³/mol. The van der Waals surface area contributed by atoms with E-state index in [9.17, 15) is 5.11 Å². The highest BCUT2D eigenvalue weighted by Crippen LogP contribution is 2.30. The summed E-state index contributed by atoms with van der Waals surface area (Å²) in [6.45, 7) is 1.87. The molecule has 0 unspecified atom stereocenters. The van der Waals surface area contributed by atoms with Gasteiger partial charge in [-0.15, -0.1) is 0 Å². The monoisotopic (exact) mass is 193 g/mol. The SMILES string of the molecule is Cc1cc(Cl)c2c(O)cccc2n1. The van der Waals surface area contributed by atoms with E-state index in [-0.39, 0.29) is 5.75 Å². The molecule has 2 nitrogen and oxygen atoms in total. The van der Waals surface area contributed by atoms with E-state index < -0.39 is 0 Å². The molecule has 1 aromatic heterocycles.